The highest BCUT2D eigenvalue weighted by molar-refractivity contribution is 6.26. The first-order valence-electron chi connectivity index (χ1n) is 5.65. The van der Waals surface area contributed by atoms with Crippen molar-refractivity contribution < 1.29 is 23.8 Å². The third-order valence-electron chi connectivity index (χ3n) is 3.10. The Morgan fingerprint density at radius 2 is 1.26 bits per heavy atom. The van der Waals surface area contributed by atoms with Crippen molar-refractivity contribution in [3.8, 4) is 11.5 Å². The topological polar surface area (TPSA) is 61.8 Å². The number of Topliss-reactive ketones (excluding diaryl/α,β-unsaturated/α-hetero) is 2. The normalized spacial score (nSPS) is 14.3. The van der Waals surface area contributed by atoms with Crippen molar-refractivity contribution in [3.63, 3.8) is 0 Å². The lowest BCUT2D eigenvalue weighted by Crippen LogP contribution is -2.22. The number of hydrogen-bond acceptors (Lipinski definition) is 5. The molecule has 5 heteroatoms. The van der Waals surface area contributed by atoms with Gasteiger partial charge in [0.05, 0.1) is 21.3 Å². The Kier molecular flexibility index (Phi) is 3.29. The summed E-state index contributed by atoms with van der Waals surface area (Å²) in [7, 11) is 4.32. The molecule has 0 atom stereocenters. The molecule has 0 aliphatic heterocycles. The van der Waals surface area contributed by atoms with Crippen LogP contribution in [-0.4, -0.2) is 32.9 Å². The summed E-state index contributed by atoms with van der Waals surface area (Å²) in [6.07, 6.45) is 0. The van der Waals surface area contributed by atoms with Gasteiger partial charge in [-0.15, -0.1) is 0 Å². The second kappa shape index (κ2) is 4.76. The smallest absolute Gasteiger partial charge is 0.228 e. The molecule has 2 rings (SSSR count). The van der Waals surface area contributed by atoms with Crippen molar-refractivity contribution in [1.82, 2.24) is 0 Å². The average molecular weight is 262 g/mol. The molecule has 0 heterocycles. The minimum Gasteiger partial charge on any atom is -0.493 e. The predicted molar refractivity (Wildman–Crippen MR) is 67.9 cm³/mol. The van der Waals surface area contributed by atoms with Crippen LogP contribution in [0.3, 0.4) is 0 Å². The third kappa shape index (κ3) is 1.87. The predicted octanol–water partition coefficient (Wildman–Crippen LogP) is 2.00. The molecule has 0 amide bonds. The molecular formula is C14H14O5. The SMILES string of the molecule is COC1=C(C)C(=O)c2cc(OC)c(OC)cc2C1=O. The van der Waals surface area contributed by atoms with Gasteiger partial charge in [-0.25, -0.2) is 0 Å². The number of fused-ring (bicyclic) bond motifs is 1. The van der Waals surface area contributed by atoms with Gasteiger partial charge in [-0.3, -0.25) is 9.59 Å². The molecule has 5 nitrogen and oxygen atoms in total. The Hall–Kier alpha value is -2.30. The standard InChI is InChI=1S/C14H14O5/c1-7-12(15)8-5-10(17-2)11(18-3)6-9(8)13(16)14(7)19-4/h5-6H,1-4H3. The minimum atomic E-state index is -0.324. The van der Waals surface area contributed by atoms with Gasteiger partial charge in [0, 0.05) is 16.7 Å². The molecule has 1 aliphatic carbocycles. The summed E-state index contributed by atoms with van der Waals surface area (Å²) in [5.41, 5.74) is 0.873. The summed E-state index contributed by atoms with van der Waals surface area (Å²) >= 11 is 0. The van der Waals surface area contributed by atoms with Gasteiger partial charge in [0.1, 0.15) is 0 Å². The summed E-state index contributed by atoms with van der Waals surface area (Å²) in [6.45, 7) is 1.57. The Labute approximate surface area is 110 Å². The van der Waals surface area contributed by atoms with E-state index < -0.39 is 0 Å². The Morgan fingerprint density at radius 3 is 1.68 bits per heavy atom. The van der Waals surface area contributed by atoms with Gasteiger partial charge >= 0.3 is 0 Å². The molecule has 0 N–H and O–H groups in total. The van der Waals surface area contributed by atoms with Crippen molar-refractivity contribution in [1.29, 1.82) is 0 Å². The fourth-order valence-corrected chi connectivity index (χ4v) is 2.10. The molecule has 1 aromatic carbocycles. The number of carbonyl (C=O) groups excluding carboxylic acids is 2. The highest BCUT2D eigenvalue weighted by Crippen LogP contribution is 2.35. The van der Waals surface area contributed by atoms with Crippen LogP contribution in [0.5, 0.6) is 11.5 Å². The zero-order chi connectivity index (χ0) is 14.2. The van der Waals surface area contributed by atoms with E-state index in [0.29, 0.717) is 22.6 Å². The number of carbonyl (C=O) groups is 2. The van der Waals surface area contributed by atoms with Crippen LogP contribution in [0.15, 0.2) is 23.5 Å². The lowest BCUT2D eigenvalue weighted by molar-refractivity contribution is 0.0905. The van der Waals surface area contributed by atoms with E-state index in [2.05, 4.69) is 0 Å². The van der Waals surface area contributed by atoms with Crippen molar-refractivity contribution >= 4 is 11.6 Å². The number of rotatable bonds is 3. The van der Waals surface area contributed by atoms with Gasteiger partial charge in [0.15, 0.2) is 23.0 Å². The van der Waals surface area contributed by atoms with Crippen LogP contribution in [0, 0.1) is 0 Å². The number of methoxy groups -OCH3 is 3. The fraction of sp³-hybridized carbons (Fsp3) is 0.286. The molecule has 19 heavy (non-hydrogen) atoms. The lowest BCUT2D eigenvalue weighted by Gasteiger charge is -2.19. The number of ether oxygens (including phenoxy) is 3. The number of allylic oxidation sites excluding steroid dienone is 2. The van der Waals surface area contributed by atoms with Crippen LogP contribution in [0.25, 0.3) is 0 Å². The van der Waals surface area contributed by atoms with Crippen LogP contribution in [0.4, 0.5) is 0 Å². The van der Waals surface area contributed by atoms with Crippen molar-refractivity contribution in [2.75, 3.05) is 21.3 Å². The molecule has 0 saturated heterocycles. The van der Waals surface area contributed by atoms with E-state index >= 15 is 0 Å². The van der Waals surface area contributed by atoms with E-state index in [9.17, 15) is 9.59 Å². The van der Waals surface area contributed by atoms with Crippen LogP contribution in [0.1, 0.15) is 27.6 Å². The molecular weight excluding hydrogens is 248 g/mol. The molecule has 0 spiro atoms. The van der Waals surface area contributed by atoms with Crippen LogP contribution < -0.4 is 9.47 Å². The quantitative estimate of drug-likeness (QED) is 0.833. The highest BCUT2D eigenvalue weighted by atomic mass is 16.5. The second-order valence-electron chi connectivity index (χ2n) is 4.07. The average Bonchev–Trinajstić information content (AvgIpc) is 2.44. The van der Waals surface area contributed by atoms with E-state index in [1.54, 1.807) is 6.92 Å². The molecule has 0 radical (unpaired) electrons. The summed E-state index contributed by atoms with van der Waals surface area (Å²) in [6, 6.07) is 3.02. The van der Waals surface area contributed by atoms with Crippen molar-refractivity contribution in [2.45, 2.75) is 6.92 Å². The second-order valence-corrected chi connectivity index (χ2v) is 4.07. The first kappa shape index (κ1) is 13.1. The lowest BCUT2D eigenvalue weighted by atomic mass is 9.88. The highest BCUT2D eigenvalue weighted by Gasteiger charge is 2.32. The third-order valence-corrected chi connectivity index (χ3v) is 3.10. The Balaban J connectivity index is 2.69. The summed E-state index contributed by atoms with van der Waals surface area (Å²) in [5, 5.41) is 0. The molecule has 0 aromatic heterocycles. The fourth-order valence-electron chi connectivity index (χ4n) is 2.10. The summed E-state index contributed by atoms with van der Waals surface area (Å²) in [4.78, 5) is 24.5. The molecule has 1 aliphatic rings. The van der Waals surface area contributed by atoms with Gasteiger partial charge in [0.2, 0.25) is 5.78 Å². The van der Waals surface area contributed by atoms with Crippen LogP contribution in [0.2, 0.25) is 0 Å². The van der Waals surface area contributed by atoms with Gasteiger partial charge in [-0.1, -0.05) is 0 Å². The van der Waals surface area contributed by atoms with Crippen molar-refractivity contribution in [2.24, 2.45) is 0 Å². The van der Waals surface area contributed by atoms with Gasteiger partial charge in [-0.2, -0.15) is 0 Å². The Morgan fingerprint density at radius 1 is 0.789 bits per heavy atom. The van der Waals surface area contributed by atoms with E-state index in [-0.39, 0.29) is 22.9 Å². The first-order valence-corrected chi connectivity index (χ1v) is 5.65. The monoisotopic (exact) mass is 262 g/mol. The zero-order valence-electron chi connectivity index (χ0n) is 11.2. The van der Waals surface area contributed by atoms with E-state index in [1.165, 1.54) is 33.5 Å². The van der Waals surface area contributed by atoms with E-state index in [0.717, 1.165) is 0 Å². The molecule has 1 aromatic rings. The van der Waals surface area contributed by atoms with Gasteiger partial charge in [-0.05, 0) is 19.1 Å². The van der Waals surface area contributed by atoms with Crippen LogP contribution in [-0.2, 0) is 4.74 Å². The largest absolute Gasteiger partial charge is 0.493 e. The Bertz CT molecular complexity index is 598. The zero-order valence-corrected chi connectivity index (χ0v) is 11.2. The van der Waals surface area contributed by atoms with Crippen molar-refractivity contribution in [3.05, 3.63) is 34.6 Å². The molecule has 0 saturated carbocycles. The number of ketones is 2. The molecule has 0 fully saturated rings. The molecule has 0 unspecified atom stereocenters. The maximum Gasteiger partial charge on any atom is 0.228 e. The minimum absolute atomic E-state index is 0.0738. The maximum atomic E-state index is 12.2. The van der Waals surface area contributed by atoms with Gasteiger partial charge in [0.25, 0.3) is 0 Å². The number of benzene rings is 1. The van der Waals surface area contributed by atoms with Crippen LogP contribution >= 0.6 is 0 Å². The summed E-state index contributed by atoms with van der Waals surface area (Å²) in [5.74, 6) is 0.321. The molecule has 100 valence electrons. The first-order chi connectivity index (χ1) is 9.04. The molecule has 0 bridgehead atoms. The van der Waals surface area contributed by atoms with E-state index in [1.807, 2.05) is 0 Å². The maximum absolute atomic E-state index is 12.2. The number of hydrogen-bond donors (Lipinski definition) is 0. The summed E-state index contributed by atoms with van der Waals surface area (Å²) < 4.78 is 15.3. The van der Waals surface area contributed by atoms with E-state index in [4.69, 9.17) is 14.2 Å². The van der Waals surface area contributed by atoms with Gasteiger partial charge < -0.3 is 14.2 Å².